The largest absolute Gasteiger partial charge is 0.489 e. The number of hydrogen-bond acceptors (Lipinski definition) is 5. The van der Waals surface area contributed by atoms with Crippen LogP contribution in [0.4, 0.5) is 22.0 Å². The lowest BCUT2D eigenvalue weighted by atomic mass is 9.98. The number of furan rings is 1. The van der Waals surface area contributed by atoms with Crippen molar-refractivity contribution >= 4 is 28.2 Å². The van der Waals surface area contributed by atoms with Crippen LogP contribution in [0, 0.1) is 11.6 Å². The first-order chi connectivity index (χ1) is 17.6. The molecule has 4 rings (SSSR count). The average Bonchev–Trinajstić information content (AvgIpc) is 3.29. The van der Waals surface area contributed by atoms with Crippen molar-refractivity contribution in [2.24, 2.45) is 0 Å². The monoisotopic (exact) mass is 535 g/mol. The van der Waals surface area contributed by atoms with Crippen LogP contribution in [0.5, 0.6) is 5.75 Å². The SMILES string of the molecule is CCOC(=S)Cc1ccc(F)cc1OCc1cc(-c2ccnc(CC)c2F)c2occ(C(F)(F)F)c2c1. The summed E-state index contributed by atoms with van der Waals surface area (Å²) in [6, 6.07) is 8.06. The van der Waals surface area contributed by atoms with Gasteiger partial charge in [-0.25, -0.2) is 8.78 Å². The third-order valence-corrected chi connectivity index (χ3v) is 5.95. The van der Waals surface area contributed by atoms with Crippen molar-refractivity contribution in [2.75, 3.05) is 6.61 Å². The zero-order valence-corrected chi connectivity index (χ0v) is 20.7. The number of fused-ring (bicyclic) bond motifs is 1. The van der Waals surface area contributed by atoms with Gasteiger partial charge in [-0.05, 0) is 55.4 Å². The van der Waals surface area contributed by atoms with Crippen LogP contribution < -0.4 is 4.74 Å². The van der Waals surface area contributed by atoms with E-state index in [2.05, 4.69) is 4.98 Å². The Hall–Kier alpha value is -3.53. The summed E-state index contributed by atoms with van der Waals surface area (Å²) in [4.78, 5) is 3.99. The standard InChI is InChI=1S/C27H22F5NO3S/c1-3-22-25(29)18(7-8-33-22)19-9-15(10-20-21(27(30,31)32)14-36-26(19)20)13-35-23-12-17(28)6-5-16(23)11-24(37)34-4-2/h5-10,12,14H,3-4,11,13H2,1-2H3. The Morgan fingerprint density at radius 2 is 1.84 bits per heavy atom. The second-order valence-electron chi connectivity index (χ2n) is 8.16. The molecular weight excluding hydrogens is 513 g/mol. The number of aryl methyl sites for hydroxylation is 1. The molecule has 2 heterocycles. The van der Waals surface area contributed by atoms with E-state index in [-0.39, 0.29) is 51.6 Å². The van der Waals surface area contributed by atoms with Crippen LogP contribution in [-0.2, 0) is 30.4 Å². The van der Waals surface area contributed by atoms with Crippen molar-refractivity contribution < 1.29 is 35.8 Å². The highest BCUT2D eigenvalue weighted by atomic mass is 32.1. The minimum atomic E-state index is -4.70. The number of hydrogen-bond donors (Lipinski definition) is 0. The molecule has 2 aromatic carbocycles. The summed E-state index contributed by atoms with van der Waals surface area (Å²) < 4.78 is 86.7. The molecule has 2 aromatic heterocycles. The van der Waals surface area contributed by atoms with Gasteiger partial charge >= 0.3 is 6.18 Å². The molecule has 0 saturated heterocycles. The van der Waals surface area contributed by atoms with E-state index in [4.69, 9.17) is 26.1 Å². The fourth-order valence-corrected chi connectivity index (χ4v) is 4.25. The summed E-state index contributed by atoms with van der Waals surface area (Å²) in [5.41, 5.74) is 0.0820. The number of pyridine rings is 1. The van der Waals surface area contributed by atoms with Gasteiger partial charge in [0.05, 0.1) is 12.3 Å². The lowest BCUT2D eigenvalue weighted by Crippen LogP contribution is -2.08. The van der Waals surface area contributed by atoms with E-state index in [1.54, 1.807) is 13.8 Å². The quantitative estimate of drug-likeness (QED) is 0.170. The van der Waals surface area contributed by atoms with Gasteiger partial charge in [0.25, 0.3) is 0 Å². The predicted molar refractivity (Wildman–Crippen MR) is 132 cm³/mol. The zero-order valence-electron chi connectivity index (χ0n) is 19.9. The summed E-state index contributed by atoms with van der Waals surface area (Å²) in [5.74, 6) is -1.04. The number of thiocarbonyl (C=S) groups is 1. The molecule has 0 aliphatic carbocycles. The van der Waals surface area contributed by atoms with Crippen molar-refractivity contribution in [1.82, 2.24) is 4.98 Å². The number of ether oxygens (including phenoxy) is 2. The van der Waals surface area contributed by atoms with Crippen LogP contribution in [0.2, 0.25) is 0 Å². The Morgan fingerprint density at radius 1 is 1.05 bits per heavy atom. The van der Waals surface area contributed by atoms with Gasteiger partial charge in [0, 0.05) is 40.8 Å². The number of alkyl halides is 3. The first kappa shape index (κ1) is 26.5. The zero-order chi connectivity index (χ0) is 26.7. The molecule has 0 bridgehead atoms. The normalized spacial score (nSPS) is 11.6. The highest BCUT2D eigenvalue weighted by molar-refractivity contribution is 7.80. The number of rotatable bonds is 8. The second-order valence-corrected chi connectivity index (χ2v) is 8.62. The van der Waals surface area contributed by atoms with Crippen LogP contribution in [0.25, 0.3) is 22.1 Å². The molecule has 0 unspecified atom stereocenters. The summed E-state index contributed by atoms with van der Waals surface area (Å²) in [5, 5.41) is 0.0469. The number of halogens is 5. The molecule has 0 fully saturated rings. The first-order valence-electron chi connectivity index (χ1n) is 11.4. The average molecular weight is 536 g/mol. The number of nitrogens with zero attached hydrogens (tertiary/aromatic N) is 1. The van der Waals surface area contributed by atoms with Gasteiger partial charge in [0.15, 0.2) is 10.9 Å². The smallest absolute Gasteiger partial charge is 0.420 e. The highest BCUT2D eigenvalue weighted by Crippen LogP contribution is 2.41. The van der Waals surface area contributed by atoms with Crippen LogP contribution >= 0.6 is 12.2 Å². The number of benzene rings is 2. The van der Waals surface area contributed by atoms with Crippen molar-refractivity contribution in [3.63, 3.8) is 0 Å². The van der Waals surface area contributed by atoms with Crippen molar-refractivity contribution in [1.29, 1.82) is 0 Å². The summed E-state index contributed by atoms with van der Waals surface area (Å²) in [7, 11) is 0. The van der Waals surface area contributed by atoms with Crippen LogP contribution in [-0.4, -0.2) is 16.6 Å². The topological polar surface area (TPSA) is 44.5 Å². The van der Waals surface area contributed by atoms with Crippen LogP contribution in [0.15, 0.2) is 53.3 Å². The molecule has 4 nitrogen and oxygen atoms in total. The lowest BCUT2D eigenvalue weighted by Gasteiger charge is -2.14. The van der Waals surface area contributed by atoms with Crippen LogP contribution in [0.1, 0.15) is 36.2 Å². The fraction of sp³-hybridized carbons (Fsp3) is 0.259. The van der Waals surface area contributed by atoms with Gasteiger partial charge in [-0.15, -0.1) is 0 Å². The minimum absolute atomic E-state index is 0.0512. The summed E-state index contributed by atoms with van der Waals surface area (Å²) in [6.45, 7) is 3.65. The Kier molecular flexibility index (Phi) is 7.77. The minimum Gasteiger partial charge on any atom is -0.489 e. The molecule has 37 heavy (non-hydrogen) atoms. The Bertz CT molecular complexity index is 1450. The third-order valence-electron chi connectivity index (χ3n) is 5.69. The third kappa shape index (κ3) is 5.74. The van der Waals surface area contributed by atoms with Crippen molar-refractivity contribution in [2.45, 2.75) is 39.5 Å². The molecule has 0 amide bonds. The first-order valence-corrected chi connectivity index (χ1v) is 11.8. The predicted octanol–water partition coefficient (Wildman–Crippen LogP) is 7.84. The van der Waals surface area contributed by atoms with E-state index in [9.17, 15) is 17.6 Å². The Morgan fingerprint density at radius 3 is 2.54 bits per heavy atom. The van der Waals surface area contributed by atoms with Gasteiger partial charge in [0.2, 0.25) is 0 Å². The van der Waals surface area contributed by atoms with Gasteiger partial charge in [0.1, 0.15) is 35.6 Å². The molecule has 0 spiro atoms. The van der Waals surface area contributed by atoms with Gasteiger partial charge in [-0.3, -0.25) is 4.98 Å². The molecule has 4 aromatic rings. The second kappa shape index (κ2) is 10.8. The molecule has 0 aliphatic rings. The van der Waals surface area contributed by atoms with E-state index >= 15 is 4.39 Å². The van der Waals surface area contributed by atoms with E-state index in [0.29, 0.717) is 30.4 Å². The lowest BCUT2D eigenvalue weighted by molar-refractivity contribution is -0.136. The maximum Gasteiger partial charge on any atom is 0.420 e. The molecule has 0 N–H and O–H groups in total. The van der Waals surface area contributed by atoms with Gasteiger partial charge in [-0.2, -0.15) is 13.2 Å². The highest BCUT2D eigenvalue weighted by Gasteiger charge is 2.35. The molecule has 0 radical (unpaired) electrons. The molecule has 194 valence electrons. The van der Waals surface area contributed by atoms with Gasteiger partial charge < -0.3 is 13.9 Å². The van der Waals surface area contributed by atoms with E-state index in [1.165, 1.54) is 42.6 Å². The molecule has 0 saturated carbocycles. The Labute approximate surface area is 215 Å². The van der Waals surface area contributed by atoms with Crippen molar-refractivity contribution in [3.8, 4) is 16.9 Å². The molecule has 0 aliphatic heterocycles. The maximum atomic E-state index is 15.2. The van der Waals surface area contributed by atoms with Gasteiger partial charge in [-0.1, -0.05) is 13.0 Å². The van der Waals surface area contributed by atoms with Crippen molar-refractivity contribution in [3.05, 3.63) is 82.9 Å². The summed E-state index contributed by atoms with van der Waals surface area (Å²) in [6.07, 6.45) is -2.22. The molecular formula is C27H22F5NO3S. The van der Waals surface area contributed by atoms with E-state index in [1.807, 2.05) is 0 Å². The van der Waals surface area contributed by atoms with Crippen LogP contribution in [0.3, 0.4) is 0 Å². The Balaban J connectivity index is 1.78. The summed E-state index contributed by atoms with van der Waals surface area (Å²) >= 11 is 5.17. The van der Waals surface area contributed by atoms with E-state index < -0.39 is 23.4 Å². The van der Waals surface area contributed by atoms with E-state index in [0.717, 1.165) is 0 Å². The molecule has 0 atom stereocenters. The maximum absolute atomic E-state index is 15.2. The number of aromatic nitrogens is 1. The molecule has 10 heteroatoms. The fourth-order valence-electron chi connectivity index (χ4n) is 3.98.